The number of hydrogen-bond donors (Lipinski definition) is 2. The highest BCUT2D eigenvalue weighted by atomic mass is 19.1. The normalized spacial score (nSPS) is 13.2. The molecule has 0 unspecified atom stereocenters. The van der Waals surface area contributed by atoms with Gasteiger partial charge in [0.2, 0.25) is 5.91 Å². The van der Waals surface area contributed by atoms with Crippen LogP contribution in [0, 0.1) is 12.7 Å². The summed E-state index contributed by atoms with van der Waals surface area (Å²) in [6.07, 6.45) is 0. The second-order valence-corrected chi connectivity index (χ2v) is 9.04. The summed E-state index contributed by atoms with van der Waals surface area (Å²) in [6.45, 7) is 4.41. The molecule has 37 heavy (non-hydrogen) atoms. The topological polar surface area (TPSA) is 85.0 Å². The Labute approximate surface area is 215 Å². The standard InChI is InChI=1S/C28H30FN5O3/c1-20-5-3-8-24(17-20)31-28(37)34-15-13-33(14-16-34)25-11-9-23(10-12-25)30-26(35)19-32(2)27(36)21-6-4-7-22(29)18-21/h3-12,17-18H,13-16,19H2,1-2H3,(H,30,35)(H,31,37). The number of piperazine rings is 1. The van der Waals surface area contributed by atoms with Crippen LogP contribution in [0.25, 0.3) is 0 Å². The van der Waals surface area contributed by atoms with Crippen molar-refractivity contribution in [3.8, 4) is 0 Å². The van der Waals surface area contributed by atoms with E-state index < -0.39 is 11.7 Å². The van der Waals surface area contributed by atoms with Crippen LogP contribution in [0.1, 0.15) is 15.9 Å². The van der Waals surface area contributed by atoms with E-state index in [2.05, 4.69) is 15.5 Å². The summed E-state index contributed by atoms with van der Waals surface area (Å²) in [5.41, 5.74) is 3.67. The van der Waals surface area contributed by atoms with Crippen molar-refractivity contribution >= 4 is 34.9 Å². The first kappa shape index (κ1) is 25.7. The average Bonchev–Trinajstić information content (AvgIpc) is 2.88. The number of nitrogens with zero attached hydrogens (tertiary/aromatic N) is 3. The van der Waals surface area contributed by atoms with Gasteiger partial charge >= 0.3 is 6.03 Å². The van der Waals surface area contributed by atoms with E-state index in [-0.39, 0.29) is 24.0 Å². The predicted octanol–water partition coefficient (Wildman–Crippen LogP) is 4.20. The van der Waals surface area contributed by atoms with Crippen molar-refractivity contribution in [3.05, 3.63) is 89.7 Å². The van der Waals surface area contributed by atoms with Gasteiger partial charge in [0.25, 0.3) is 5.91 Å². The maximum absolute atomic E-state index is 13.4. The van der Waals surface area contributed by atoms with E-state index in [0.29, 0.717) is 31.9 Å². The fourth-order valence-electron chi connectivity index (χ4n) is 4.18. The largest absolute Gasteiger partial charge is 0.368 e. The Hall–Kier alpha value is -4.40. The Morgan fingerprint density at radius 3 is 2.24 bits per heavy atom. The summed E-state index contributed by atoms with van der Waals surface area (Å²) in [6, 6.07) is 20.4. The molecule has 0 aliphatic carbocycles. The average molecular weight is 504 g/mol. The van der Waals surface area contributed by atoms with Gasteiger partial charge in [0, 0.05) is 55.9 Å². The van der Waals surface area contributed by atoms with E-state index >= 15 is 0 Å². The van der Waals surface area contributed by atoms with Crippen LogP contribution >= 0.6 is 0 Å². The van der Waals surface area contributed by atoms with Gasteiger partial charge in [0.05, 0.1) is 6.54 Å². The fourth-order valence-corrected chi connectivity index (χ4v) is 4.18. The third-order valence-corrected chi connectivity index (χ3v) is 6.15. The zero-order chi connectivity index (χ0) is 26.4. The Morgan fingerprint density at radius 1 is 0.865 bits per heavy atom. The molecule has 4 amide bonds. The Balaban J connectivity index is 1.24. The van der Waals surface area contributed by atoms with Crippen molar-refractivity contribution in [2.24, 2.45) is 0 Å². The molecule has 1 heterocycles. The molecule has 0 saturated carbocycles. The third kappa shape index (κ3) is 6.84. The molecule has 0 atom stereocenters. The molecule has 1 aliphatic rings. The van der Waals surface area contributed by atoms with E-state index in [1.165, 1.54) is 30.1 Å². The number of rotatable bonds is 6. The predicted molar refractivity (Wildman–Crippen MR) is 142 cm³/mol. The van der Waals surface area contributed by atoms with Gasteiger partial charge in [-0.1, -0.05) is 18.2 Å². The third-order valence-electron chi connectivity index (χ3n) is 6.15. The molecule has 1 aliphatic heterocycles. The molecule has 2 N–H and O–H groups in total. The SMILES string of the molecule is Cc1cccc(NC(=O)N2CCN(c3ccc(NC(=O)CN(C)C(=O)c4cccc(F)c4)cc3)CC2)c1. The minimum absolute atomic E-state index is 0.107. The molecule has 1 fully saturated rings. The molecule has 3 aromatic carbocycles. The van der Waals surface area contributed by atoms with Crippen LogP contribution in [0.15, 0.2) is 72.8 Å². The Kier molecular flexibility index (Phi) is 8.02. The summed E-state index contributed by atoms with van der Waals surface area (Å²) in [5.74, 6) is -1.29. The molecule has 3 aromatic rings. The quantitative estimate of drug-likeness (QED) is 0.528. The van der Waals surface area contributed by atoms with Crippen LogP contribution in [-0.2, 0) is 4.79 Å². The number of aryl methyl sites for hydroxylation is 1. The van der Waals surface area contributed by atoms with Gasteiger partial charge in [0.15, 0.2) is 0 Å². The van der Waals surface area contributed by atoms with Gasteiger partial charge in [0.1, 0.15) is 5.82 Å². The van der Waals surface area contributed by atoms with Crippen LogP contribution in [0.5, 0.6) is 0 Å². The number of urea groups is 1. The lowest BCUT2D eigenvalue weighted by atomic mass is 10.2. The lowest BCUT2D eigenvalue weighted by molar-refractivity contribution is -0.116. The second kappa shape index (κ2) is 11.6. The molecule has 4 rings (SSSR count). The van der Waals surface area contributed by atoms with Crippen LogP contribution < -0.4 is 15.5 Å². The van der Waals surface area contributed by atoms with E-state index in [1.54, 1.807) is 17.0 Å². The molecular weight excluding hydrogens is 473 g/mol. The zero-order valence-electron chi connectivity index (χ0n) is 20.9. The Morgan fingerprint density at radius 2 is 1.57 bits per heavy atom. The molecule has 9 heteroatoms. The van der Waals surface area contributed by atoms with E-state index in [1.807, 2.05) is 43.3 Å². The van der Waals surface area contributed by atoms with E-state index in [9.17, 15) is 18.8 Å². The van der Waals surface area contributed by atoms with Crippen molar-refractivity contribution < 1.29 is 18.8 Å². The van der Waals surface area contributed by atoms with Crippen LogP contribution in [0.3, 0.4) is 0 Å². The number of anilines is 3. The first-order chi connectivity index (χ1) is 17.8. The summed E-state index contributed by atoms with van der Waals surface area (Å²) in [4.78, 5) is 42.7. The van der Waals surface area contributed by atoms with E-state index in [0.717, 1.165) is 23.0 Å². The number of amides is 4. The number of halogens is 1. The zero-order valence-corrected chi connectivity index (χ0v) is 20.9. The van der Waals surface area contributed by atoms with Gasteiger partial charge in [-0.3, -0.25) is 9.59 Å². The number of nitrogens with one attached hydrogen (secondary N) is 2. The van der Waals surface area contributed by atoms with Gasteiger partial charge in [-0.05, 0) is 67.1 Å². The fraction of sp³-hybridized carbons (Fsp3) is 0.250. The van der Waals surface area contributed by atoms with Crippen molar-refractivity contribution in [1.82, 2.24) is 9.80 Å². The van der Waals surface area contributed by atoms with Gasteiger partial charge in [-0.15, -0.1) is 0 Å². The minimum Gasteiger partial charge on any atom is -0.368 e. The molecular formula is C28H30FN5O3. The van der Waals surface area contributed by atoms with Crippen molar-refractivity contribution in [2.45, 2.75) is 6.92 Å². The van der Waals surface area contributed by atoms with Crippen molar-refractivity contribution in [1.29, 1.82) is 0 Å². The maximum Gasteiger partial charge on any atom is 0.321 e. The highest BCUT2D eigenvalue weighted by Gasteiger charge is 2.22. The molecule has 1 saturated heterocycles. The monoisotopic (exact) mass is 503 g/mol. The van der Waals surface area contributed by atoms with Gasteiger partial charge in [-0.25, -0.2) is 9.18 Å². The Bertz CT molecular complexity index is 1270. The first-order valence-electron chi connectivity index (χ1n) is 12.1. The lowest BCUT2D eigenvalue weighted by Gasteiger charge is -2.36. The molecule has 0 aromatic heterocycles. The summed E-state index contributed by atoms with van der Waals surface area (Å²) >= 11 is 0. The minimum atomic E-state index is -0.504. The number of likely N-dealkylation sites (N-methyl/N-ethyl adjacent to an activating group) is 1. The van der Waals surface area contributed by atoms with Crippen LogP contribution in [-0.4, -0.2) is 67.4 Å². The molecule has 192 valence electrons. The molecule has 0 bridgehead atoms. The van der Waals surface area contributed by atoms with Crippen molar-refractivity contribution in [2.75, 3.05) is 55.3 Å². The lowest BCUT2D eigenvalue weighted by Crippen LogP contribution is -2.50. The molecule has 8 nitrogen and oxygen atoms in total. The highest BCUT2D eigenvalue weighted by molar-refractivity contribution is 5.99. The van der Waals surface area contributed by atoms with Crippen LogP contribution in [0.2, 0.25) is 0 Å². The van der Waals surface area contributed by atoms with Crippen LogP contribution in [0.4, 0.5) is 26.2 Å². The smallest absolute Gasteiger partial charge is 0.321 e. The van der Waals surface area contributed by atoms with E-state index in [4.69, 9.17) is 0 Å². The summed E-state index contributed by atoms with van der Waals surface area (Å²) < 4.78 is 13.4. The van der Waals surface area contributed by atoms with Gasteiger partial charge < -0.3 is 25.3 Å². The second-order valence-electron chi connectivity index (χ2n) is 9.04. The summed E-state index contributed by atoms with van der Waals surface area (Å²) in [7, 11) is 1.50. The molecule has 0 radical (unpaired) electrons. The molecule has 0 spiro atoms. The summed E-state index contributed by atoms with van der Waals surface area (Å²) in [5, 5.41) is 5.74. The first-order valence-corrected chi connectivity index (χ1v) is 12.1. The van der Waals surface area contributed by atoms with Crippen molar-refractivity contribution in [3.63, 3.8) is 0 Å². The van der Waals surface area contributed by atoms with Gasteiger partial charge in [-0.2, -0.15) is 0 Å². The highest BCUT2D eigenvalue weighted by Crippen LogP contribution is 2.20. The number of carbonyl (C=O) groups excluding carboxylic acids is 3. The maximum atomic E-state index is 13.4. The number of carbonyl (C=O) groups is 3. The number of hydrogen-bond acceptors (Lipinski definition) is 4. The number of benzene rings is 3.